The van der Waals surface area contributed by atoms with Gasteiger partial charge >= 0.3 is 18.0 Å². The fourth-order valence-corrected chi connectivity index (χ4v) is 3.13. The van der Waals surface area contributed by atoms with E-state index in [4.69, 9.17) is 9.47 Å². The fourth-order valence-electron chi connectivity index (χ4n) is 3.13. The van der Waals surface area contributed by atoms with Gasteiger partial charge in [-0.05, 0) is 34.6 Å². The van der Waals surface area contributed by atoms with Gasteiger partial charge in [-0.15, -0.1) is 0 Å². The summed E-state index contributed by atoms with van der Waals surface area (Å²) in [6.07, 6.45) is -0.933. The van der Waals surface area contributed by atoms with Gasteiger partial charge in [0.1, 0.15) is 11.6 Å². The SMILES string of the molecule is C=C(C)[C@@]1(C)CN(C(=O)OC(C)(C)C)[C@H](C(=O)OCC)[C@H]1CC(=O)O. The summed E-state index contributed by atoms with van der Waals surface area (Å²) in [6.45, 7) is 14.7. The van der Waals surface area contributed by atoms with Crippen molar-refractivity contribution < 1.29 is 29.0 Å². The quantitative estimate of drug-likeness (QED) is 0.602. The lowest BCUT2D eigenvalue weighted by atomic mass is 9.71. The van der Waals surface area contributed by atoms with Crippen molar-refractivity contribution in [3.8, 4) is 0 Å². The van der Waals surface area contributed by atoms with E-state index in [1.54, 1.807) is 34.6 Å². The van der Waals surface area contributed by atoms with Gasteiger partial charge in [0.05, 0.1) is 13.0 Å². The average Bonchev–Trinajstić information content (AvgIpc) is 2.71. The number of likely N-dealkylation sites (tertiary alicyclic amines) is 1. The predicted molar refractivity (Wildman–Crippen MR) is 92.0 cm³/mol. The molecule has 3 atom stereocenters. The first-order valence-corrected chi connectivity index (χ1v) is 8.37. The molecule has 1 heterocycles. The first-order chi connectivity index (χ1) is 11.3. The molecular weight excluding hydrogens is 326 g/mol. The number of carbonyl (C=O) groups is 3. The third-order valence-corrected chi connectivity index (χ3v) is 4.56. The van der Waals surface area contributed by atoms with Crippen LogP contribution in [-0.4, -0.2) is 52.8 Å². The minimum absolute atomic E-state index is 0.140. The molecule has 1 rings (SSSR count). The molecule has 0 aromatic carbocycles. The molecule has 1 fully saturated rings. The van der Waals surface area contributed by atoms with Gasteiger partial charge in [-0.2, -0.15) is 0 Å². The van der Waals surface area contributed by atoms with Crippen LogP contribution < -0.4 is 0 Å². The molecule has 0 saturated carbocycles. The Hall–Kier alpha value is -2.05. The zero-order valence-electron chi connectivity index (χ0n) is 15.9. The maximum absolute atomic E-state index is 12.6. The monoisotopic (exact) mass is 355 g/mol. The number of rotatable bonds is 5. The molecule has 1 N–H and O–H groups in total. The van der Waals surface area contributed by atoms with Gasteiger partial charge in [-0.3, -0.25) is 9.69 Å². The van der Waals surface area contributed by atoms with Gasteiger partial charge in [0, 0.05) is 17.9 Å². The van der Waals surface area contributed by atoms with Crippen molar-refractivity contribution >= 4 is 18.0 Å². The molecule has 0 spiro atoms. The molecule has 0 unspecified atom stereocenters. The van der Waals surface area contributed by atoms with E-state index < -0.39 is 41.0 Å². The zero-order valence-corrected chi connectivity index (χ0v) is 15.9. The standard InChI is InChI=1S/C18H29NO6/c1-8-24-15(22)14-12(9-13(20)21)18(7,11(2)3)10-19(14)16(23)25-17(4,5)6/h12,14H,2,8-10H2,1,3-7H3,(H,20,21)/t12-,14+,18-/m1/s1. The number of carboxylic acids is 1. The summed E-state index contributed by atoms with van der Waals surface area (Å²) in [5.41, 5.74) is -0.757. The van der Waals surface area contributed by atoms with Crippen LogP contribution in [0.3, 0.4) is 0 Å². The van der Waals surface area contributed by atoms with Gasteiger partial charge in [0.25, 0.3) is 0 Å². The molecule has 1 saturated heterocycles. The van der Waals surface area contributed by atoms with Crippen molar-refractivity contribution in [2.75, 3.05) is 13.2 Å². The largest absolute Gasteiger partial charge is 0.481 e. The summed E-state index contributed by atoms with van der Waals surface area (Å²) in [5, 5.41) is 9.31. The number of hydrogen-bond acceptors (Lipinski definition) is 5. The number of carbonyl (C=O) groups excluding carboxylic acids is 2. The molecule has 0 aromatic rings. The lowest BCUT2D eigenvalue weighted by Gasteiger charge is -2.31. The molecule has 7 nitrogen and oxygen atoms in total. The van der Waals surface area contributed by atoms with Crippen LogP contribution in [0.5, 0.6) is 0 Å². The molecule has 1 aliphatic rings. The minimum atomic E-state index is -1.04. The lowest BCUT2D eigenvalue weighted by Crippen LogP contribution is -2.46. The molecule has 7 heteroatoms. The first-order valence-electron chi connectivity index (χ1n) is 8.37. The Morgan fingerprint density at radius 2 is 1.88 bits per heavy atom. The maximum atomic E-state index is 12.6. The highest BCUT2D eigenvalue weighted by atomic mass is 16.6. The van der Waals surface area contributed by atoms with E-state index in [0.717, 1.165) is 0 Å². The van der Waals surface area contributed by atoms with E-state index in [1.807, 2.05) is 6.92 Å². The van der Waals surface area contributed by atoms with Crippen LogP contribution >= 0.6 is 0 Å². The molecule has 1 aliphatic heterocycles. The van der Waals surface area contributed by atoms with Crippen LogP contribution in [-0.2, 0) is 19.1 Å². The molecule has 25 heavy (non-hydrogen) atoms. The molecule has 0 aliphatic carbocycles. The van der Waals surface area contributed by atoms with E-state index in [2.05, 4.69) is 6.58 Å². The van der Waals surface area contributed by atoms with Crippen LogP contribution in [0.1, 0.15) is 48.0 Å². The highest BCUT2D eigenvalue weighted by Crippen LogP contribution is 2.47. The number of nitrogens with zero attached hydrogens (tertiary/aromatic N) is 1. The smallest absolute Gasteiger partial charge is 0.411 e. The highest BCUT2D eigenvalue weighted by molar-refractivity contribution is 5.84. The molecule has 0 bridgehead atoms. The van der Waals surface area contributed by atoms with Crippen molar-refractivity contribution in [1.82, 2.24) is 4.90 Å². The third-order valence-electron chi connectivity index (χ3n) is 4.56. The highest BCUT2D eigenvalue weighted by Gasteiger charge is 2.56. The summed E-state index contributed by atoms with van der Waals surface area (Å²) in [6, 6.07) is -1.02. The van der Waals surface area contributed by atoms with Gasteiger partial charge in [0.15, 0.2) is 0 Å². The van der Waals surface area contributed by atoms with E-state index >= 15 is 0 Å². The van der Waals surface area contributed by atoms with Gasteiger partial charge < -0.3 is 14.6 Å². The Balaban J connectivity index is 3.33. The zero-order chi connectivity index (χ0) is 19.6. The summed E-state index contributed by atoms with van der Waals surface area (Å²) >= 11 is 0. The Kier molecular flexibility index (Phi) is 6.26. The van der Waals surface area contributed by atoms with E-state index in [-0.39, 0.29) is 19.6 Å². The number of carboxylic acid groups (broad SMARTS) is 1. The maximum Gasteiger partial charge on any atom is 0.411 e. The van der Waals surface area contributed by atoms with E-state index in [1.165, 1.54) is 4.90 Å². The van der Waals surface area contributed by atoms with Crippen molar-refractivity contribution in [3.05, 3.63) is 12.2 Å². The topological polar surface area (TPSA) is 93.1 Å². The summed E-state index contributed by atoms with van der Waals surface area (Å²) in [4.78, 5) is 37.8. The molecule has 1 amide bonds. The number of hydrogen-bond donors (Lipinski definition) is 1. The van der Waals surface area contributed by atoms with Crippen molar-refractivity contribution in [3.63, 3.8) is 0 Å². The lowest BCUT2D eigenvalue weighted by molar-refractivity contribution is -0.150. The Morgan fingerprint density at radius 1 is 1.32 bits per heavy atom. The molecule has 142 valence electrons. The Morgan fingerprint density at radius 3 is 2.28 bits per heavy atom. The van der Waals surface area contributed by atoms with Crippen LogP contribution in [0.25, 0.3) is 0 Å². The van der Waals surface area contributed by atoms with Crippen LogP contribution in [0.15, 0.2) is 12.2 Å². The average molecular weight is 355 g/mol. The van der Waals surface area contributed by atoms with Gasteiger partial charge in [0.2, 0.25) is 0 Å². The summed E-state index contributed by atoms with van der Waals surface area (Å²) in [7, 11) is 0. The van der Waals surface area contributed by atoms with Crippen molar-refractivity contribution in [2.45, 2.75) is 59.6 Å². The Bertz CT molecular complexity index is 564. The normalized spacial score (nSPS) is 26.2. The van der Waals surface area contributed by atoms with Crippen LogP contribution in [0.4, 0.5) is 4.79 Å². The Labute approximate surface area is 149 Å². The number of amides is 1. The second-order valence-electron chi connectivity index (χ2n) is 7.71. The molecular formula is C18H29NO6. The van der Waals surface area contributed by atoms with Gasteiger partial charge in [-0.1, -0.05) is 19.1 Å². The molecule has 0 aromatic heterocycles. The predicted octanol–water partition coefficient (Wildman–Crippen LogP) is 2.84. The number of esters is 1. The second-order valence-corrected chi connectivity index (χ2v) is 7.71. The second kappa shape index (κ2) is 7.45. The van der Waals surface area contributed by atoms with Crippen LogP contribution in [0.2, 0.25) is 0 Å². The van der Waals surface area contributed by atoms with Gasteiger partial charge in [-0.25, -0.2) is 9.59 Å². The van der Waals surface area contributed by atoms with E-state index in [9.17, 15) is 19.5 Å². The molecule has 0 radical (unpaired) electrons. The summed E-state index contributed by atoms with van der Waals surface area (Å²) in [5.74, 6) is -2.31. The minimum Gasteiger partial charge on any atom is -0.481 e. The fraction of sp³-hybridized carbons (Fsp3) is 0.722. The van der Waals surface area contributed by atoms with Crippen LogP contribution in [0, 0.1) is 11.3 Å². The number of aliphatic carboxylic acids is 1. The number of ether oxygens (including phenoxy) is 2. The first kappa shape index (κ1) is 21.0. The van der Waals surface area contributed by atoms with Crippen molar-refractivity contribution in [1.29, 1.82) is 0 Å². The summed E-state index contributed by atoms with van der Waals surface area (Å²) < 4.78 is 10.5. The third kappa shape index (κ3) is 4.74. The van der Waals surface area contributed by atoms with Crippen molar-refractivity contribution in [2.24, 2.45) is 11.3 Å². The van der Waals surface area contributed by atoms with E-state index in [0.29, 0.717) is 5.57 Å².